The predicted octanol–water partition coefficient (Wildman–Crippen LogP) is 3.98. The molecule has 1 aromatic carbocycles. The van der Waals surface area contributed by atoms with Gasteiger partial charge >= 0.3 is 0 Å². The fourth-order valence-electron chi connectivity index (χ4n) is 1.72. The maximum absolute atomic E-state index is 5.98. The van der Waals surface area contributed by atoms with Crippen molar-refractivity contribution in [3.8, 4) is 0 Å². The lowest BCUT2D eigenvalue weighted by Gasteiger charge is -2.06. The lowest BCUT2D eigenvalue weighted by atomic mass is 10.2. The Morgan fingerprint density at radius 2 is 2.16 bits per heavy atom. The van der Waals surface area contributed by atoms with E-state index in [0.29, 0.717) is 16.5 Å². The van der Waals surface area contributed by atoms with Gasteiger partial charge in [-0.1, -0.05) is 22.9 Å². The van der Waals surface area contributed by atoms with Gasteiger partial charge in [-0.2, -0.15) is 0 Å². The Hall–Kier alpha value is -1.85. The van der Waals surface area contributed by atoms with Gasteiger partial charge in [0.15, 0.2) is 10.9 Å². The van der Waals surface area contributed by atoms with Gasteiger partial charge in [-0.15, -0.1) is 0 Å². The predicted molar refractivity (Wildman–Crippen MR) is 81.3 cm³/mol. The van der Waals surface area contributed by atoms with E-state index in [-0.39, 0.29) is 0 Å². The second-order valence-electron chi connectivity index (χ2n) is 4.15. The third kappa shape index (κ3) is 2.34. The monoisotopic (exact) mass is 290 g/mol. The Kier molecular flexibility index (Phi) is 3.00. The molecule has 6 heteroatoms. The summed E-state index contributed by atoms with van der Waals surface area (Å²) >= 11 is 7.48. The smallest absolute Gasteiger partial charge is 0.189 e. The number of nitrogen functional groups attached to an aromatic ring is 1. The van der Waals surface area contributed by atoms with Crippen molar-refractivity contribution in [2.75, 3.05) is 11.1 Å². The highest BCUT2D eigenvalue weighted by atomic mass is 35.5. The number of nitrogens with two attached hydrogens (primary N) is 1. The first-order valence-corrected chi connectivity index (χ1v) is 6.87. The molecule has 3 N–H and O–H groups in total. The van der Waals surface area contributed by atoms with E-state index in [1.165, 1.54) is 11.3 Å². The summed E-state index contributed by atoms with van der Waals surface area (Å²) in [5, 5.41) is 4.61. The molecule has 3 rings (SSSR count). The summed E-state index contributed by atoms with van der Waals surface area (Å²) in [4.78, 5) is 8.70. The largest absolute Gasteiger partial charge is 0.396 e. The molecule has 0 saturated carbocycles. The molecule has 0 amide bonds. The summed E-state index contributed by atoms with van der Waals surface area (Å²) in [6.07, 6.45) is 1.72. The Labute approximate surface area is 119 Å². The molecular weight excluding hydrogens is 280 g/mol. The summed E-state index contributed by atoms with van der Waals surface area (Å²) in [7, 11) is 0. The molecule has 0 fully saturated rings. The van der Waals surface area contributed by atoms with Crippen molar-refractivity contribution in [3.63, 3.8) is 0 Å². The van der Waals surface area contributed by atoms with Crippen LogP contribution in [0.2, 0.25) is 5.02 Å². The van der Waals surface area contributed by atoms with Gasteiger partial charge in [-0.25, -0.2) is 9.97 Å². The number of thiazole rings is 1. The molecule has 2 heterocycles. The minimum absolute atomic E-state index is 0.630. The van der Waals surface area contributed by atoms with Crippen molar-refractivity contribution in [2.45, 2.75) is 6.92 Å². The van der Waals surface area contributed by atoms with Gasteiger partial charge in [0.2, 0.25) is 0 Å². The van der Waals surface area contributed by atoms with Crippen LogP contribution in [0.5, 0.6) is 0 Å². The molecule has 19 heavy (non-hydrogen) atoms. The number of benzene rings is 1. The normalized spacial score (nSPS) is 10.8. The van der Waals surface area contributed by atoms with Gasteiger partial charge in [-0.3, -0.25) is 0 Å². The van der Waals surface area contributed by atoms with Crippen LogP contribution in [0.4, 0.5) is 16.6 Å². The van der Waals surface area contributed by atoms with Crippen LogP contribution in [0.1, 0.15) is 5.56 Å². The fourth-order valence-corrected chi connectivity index (χ4v) is 2.86. The number of fused-ring (bicyclic) bond motifs is 1. The summed E-state index contributed by atoms with van der Waals surface area (Å²) in [6, 6.07) is 7.49. The first-order chi connectivity index (χ1) is 9.13. The number of hydrogen-bond acceptors (Lipinski definition) is 5. The van der Waals surface area contributed by atoms with Crippen LogP contribution in [-0.2, 0) is 0 Å². The van der Waals surface area contributed by atoms with E-state index in [0.717, 1.165) is 20.9 Å². The summed E-state index contributed by atoms with van der Waals surface area (Å²) in [5.41, 5.74) is 8.51. The molecule has 0 spiro atoms. The Bertz CT molecular complexity index is 753. The number of nitrogens with one attached hydrogen (secondary N) is 1. The highest BCUT2D eigenvalue weighted by Crippen LogP contribution is 2.31. The van der Waals surface area contributed by atoms with E-state index in [1.54, 1.807) is 6.20 Å². The summed E-state index contributed by atoms with van der Waals surface area (Å²) < 4.78 is 1.03. The van der Waals surface area contributed by atoms with Crippen LogP contribution in [0.3, 0.4) is 0 Å². The second-order valence-corrected chi connectivity index (χ2v) is 5.61. The quantitative estimate of drug-likeness (QED) is 0.749. The lowest BCUT2D eigenvalue weighted by Crippen LogP contribution is -2.00. The average Bonchev–Trinajstić information content (AvgIpc) is 2.76. The number of hydrogen-bond donors (Lipinski definition) is 2. The number of nitrogens with zero attached hydrogens (tertiary/aromatic N) is 2. The number of pyridine rings is 1. The zero-order valence-electron chi connectivity index (χ0n) is 10.1. The van der Waals surface area contributed by atoms with Crippen molar-refractivity contribution in [1.82, 2.24) is 9.97 Å². The standard InChI is InChI=1S/C13H11ClN4S/c1-7-4-5-16-12(11(7)15)18-13-17-9-3-2-8(14)6-10(9)19-13/h2-6H,15H2,1H3,(H,16,17,18). The van der Waals surface area contributed by atoms with Crippen LogP contribution >= 0.6 is 22.9 Å². The Morgan fingerprint density at radius 1 is 1.32 bits per heavy atom. The molecule has 4 nitrogen and oxygen atoms in total. The molecule has 0 radical (unpaired) electrons. The highest BCUT2D eigenvalue weighted by molar-refractivity contribution is 7.22. The molecule has 0 saturated heterocycles. The molecule has 0 aliphatic carbocycles. The summed E-state index contributed by atoms with van der Waals surface area (Å²) in [5.74, 6) is 0.630. The van der Waals surface area contributed by atoms with E-state index < -0.39 is 0 Å². The number of anilines is 3. The van der Waals surface area contributed by atoms with Gasteiger partial charge in [0.1, 0.15) is 0 Å². The zero-order chi connectivity index (χ0) is 13.4. The van der Waals surface area contributed by atoms with Crippen molar-refractivity contribution in [3.05, 3.63) is 41.0 Å². The van der Waals surface area contributed by atoms with E-state index >= 15 is 0 Å². The Morgan fingerprint density at radius 3 is 3.00 bits per heavy atom. The number of rotatable bonds is 2. The van der Waals surface area contributed by atoms with E-state index in [1.807, 2.05) is 31.2 Å². The number of halogens is 1. The molecule has 0 aliphatic rings. The maximum atomic E-state index is 5.98. The highest BCUT2D eigenvalue weighted by Gasteiger charge is 2.08. The maximum Gasteiger partial charge on any atom is 0.189 e. The molecule has 0 atom stereocenters. The average molecular weight is 291 g/mol. The molecule has 0 aliphatic heterocycles. The SMILES string of the molecule is Cc1ccnc(Nc2nc3ccc(Cl)cc3s2)c1N. The van der Waals surface area contributed by atoms with Crippen molar-refractivity contribution in [1.29, 1.82) is 0 Å². The first kappa shape index (κ1) is 12.2. The molecule has 3 aromatic rings. The van der Waals surface area contributed by atoms with E-state index in [2.05, 4.69) is 15.3 Å². The van der Waals surface area contributed by atoms with Gasteiger partial charge in [0.25, 0.3) is 0 Å². The number of aryl methyl sites for hydroxylation is 1. The van der Waals surface area contributed by atoms with E-state index in [4.69, 9.17) is 17.3 Å². The Balaban J connectivity index is 1.99. The molecule has 0 bridgehead atoms. The van der Waals surface area contributed by atoms with Crippen molar-refractivity contribution < 1.29 is 0 Å². The molecular formula is C13H11ClN4S. The molecule has 0 unspecified atom stereocenters. The zero-order valence-corrected chi connectivity index (χ0v) is 11.7. The third-order valence-electron chi connectivity index (χ3n) is 2.78. The second kappa shape index (κ2) is 4.68. The van der Waals surface area contributed by atoms with Gasteiger partial charge in [0, 0.05) is 11.2 Å². The first-order valence-electron chi connectivity index (χ1n) is 5.67. The van der Waals surface area contributed by atoms with Crippen LogP contribution in [0, 0.1) is 6.92 Å². The van der Waals surface area contributed by atoms with Crippen LogP contribution in [-0.4, -0.2) is 9.97 Å². The van der Waals surface area contributed by atoms with E-state index in [9.17, 15) is 0 Å². The minimum atomic E-state index is 0.630. The van der Waals surface area contributed by atoms with Crippen LogP contribution < -0.4 is 11.1 Å². The number of aromatic nitrogens is 2. The van der Waals surface area contributed by atoms with Gasteiger partial charge < -0.3 is 11.1 Å². The van der Waals surface area contributed by atoms with Crippen LogP contribution in [0.15, 0.2) is 30.5 Å². The van der Waals surface area contributed by atoms with Gasteiger partial charge in [0.05, 0.1) is 15.9 Å². The fraction of sp³-hybridized carbons (Fsp3) is 0.0769. The minimum Gasteiger partial charge on any atom is -0.396 e. The summed E-state index contributed by atoms with van der Waals surface area (Å²) in [6.45, 7) is 1.94. The lowest BCUT2D eigenvalue weighted by molar-refractivity contribution is 1.27. The third-order valence-corrected chi connectivity index (χ3v) is 3.95. The molecule has 96 valence electrons. The van der Waals surface area contributed by atoms with Crippen molar-refractivity contribution in [2.24, 2.45) is 0 Å². The topological polar surface area (TPSA) is 63.8 Å². The van der Waals surface area contributed by atoms with Gasteiger partial charge in [-0.05, 0) is 36.8 Å². The van der Waals surface area contributed by atoms with Crippen LogP contribution in [0.25, 0.3) is 10.2 Å². The molecule has 2 aromatic heterocycles. The van der Waals surface area contributed by atoms with Crippen molar-refractivity contribution >= 4 is 49.8 Å².